The number of aryl methyl sites for hydroxylation is 2. The van der Waals surface area contributed by atoms with Gasteiger partial charge in [-0.15, -0.1) is 10.2 Å². The second-order valence-corrected chi connectivity index (χ2v) is 5.50. The Hall–Kier alpha value is -3.21. The van der Waals surface area contributed by atoms with E-state index in [4.69, 9.17) is 0 Å². The van der Waals surface area contributed by atoms with Crippen molar-refractivity contribution < 1.29 is 4.79 Å². The first-order valence-corrected chi connectivity index (χ1v) is 7.28. The van der Waals surface area contributed by atoms with Crippen LogP contribution in [0.2, 0.25) is 0 Å². The van der Waals surface area contributed by atoms with Crippen molar-refractivity contribution in [3.05, 3.63) is 29.5 Å². The van der Waals surface area contributed by atoms with Crippen molar-refractivity contribution in [2.24, 2.45) is 17.3 Å². The lowest BCUT2D eigenvalue weighted by atomic mass is 10.2. The third-order valence-electron chi connectivity index (χ3n) is 3.36. The monoisotopic (exact) mass is 325 g/mol. The fourth-order valence-electron chi connectivity index (χ4n) is 2.17. The Kier molecular flexibility index (Phi) is 4.94. The highest BCUT2D eigenvalue weighted by Crippen LogP contribution is 2.31. The molecule has 1 heterocycles. The zero-order valence-corrected chi connectivity index (χ0v) is 14.3. The van der Waals surface area contributed by atoms with Gasteiger partial charge in [0.25, 0.3) is 0 Å². The minimum atomic E-state index is -0.198. The summed E-state index contributed by atoms with van der Waals surface area (Å²) in [5, 5.41) is 24.5. The lowest BCUT2D eigenvalue weighted by molar-refractivity contribution is -0.114. The lowest BCUT2D eigenvalue weighted by Gasteiger charge is -2.15. The molecular formula is C16H19N7O. The van der Waals surface area contributed by atoms with Crippen LogP contribution in [-0.2, 0) is 11.8 Å². The maximum atomic E-state index is 11.4. The third kappa shape index (κ3) is 3.57. The maximum absolute atomic E-state index is 11.4. The molecule has 24 heavy (non-hydrogen) atoms. The van der Waals surface area contributed by atoms with Crippen LogP contribution in [0.3, 0.4) is 0 Å². The Labute approximate surface area is 140 Å². The summed E-state index contributed by atoms with van der Waals surface area (Å²) < 4.78 is 1.50. The van der Waals surface area contributed by atoms with E-state index in [1.807, 2.05) is 31.1 Å². The van der Waals surface area contributed by atoms with Crippen molar-refractivity contribution in [1.82, 2.24) is 9.78 Å². The van der Waals surface area contributed by atoms with E-state index in [1.165, 1.54) is 11.6 Å². The van der Waals surface area contributed by atoms with Crippen molar-refractivity contribution in [2.75, 3.05) is 24.3 Å². The normalized spacial score (nSPS) is 10.7. The lowest BCUT2D eigenvalue weighted by Crippen LogP contribution is -2.10. The molecule has 0 bridgehead atoms. The van der Waals surface area contributed by atoms with E-state index < -0.39 is 0 Å². The first-order chi connectivity index (χ1) is 11.3. The van der Waals surface area contributed by atoms with Gasteiger partial charge in [0.05, 0.1) is 11.4 Å². The van der Waals surface area contributed by atoms with Gasteiger partial charge in [-0.2, -0.15) is 10.4 Å². The third-order valence-corrected chi connectivity index (χ3v) is 3.36. The van der Waals surface area contributed by atoms with Gasteiger partial charge in [0.2, 0.25) is 5.91 Å². The molecule has 1 amide bonds. The van der Waals surface area contributed by atoms with Crippen LogP contribution < -0.4 is 10.2 Å². The largest absolute Gasteiger partial charge is 0.378 e. The maximum Gasteiger partial charge on any atom is 0.221 e. The first-order valence-electron chi connectivity index (χ1n) is 7.28. The number of amides is 1. The van der Waals surface area contributed by atoms with E-state index in [9.17, 15) is 10.1 Å². The van der Waals surface area contributed by atoms with Gasteiger partial charge in [0, 0.05) is 33.8 Å². The number of rotatable bonds is 4. The smallest absolute Gasteiger partial charge is 0.221 e. The molecule has 0 spiro atoms. The number of nitrogens with zero attached hydrogens (tertiary/aromatic N) is 6. The summed E-state index contributed by atoms with van der Waals surface area (Å²) in [7, 11) is 5.52. The van der Waals surface area contributed by atoms with Crippen LogP contribution in [-0.4, -0.2) is 29.8 Å². The molecule has 124 valence electrons. The Morgan fingerprint density at radius 2 is 2.08 bits per heavy atom. The van der Waals surface area contributed by atoms with Gasteiger partial charge in [0.15, 0.2) is 5.82 Å². The molecule has 0 saturated heterocycles. The topological polar surface area (TPSA) is 98.7 Å². The zero-order chi connectivity index (χ0) is 17.9. The molecule has 2 rings (SSSR count). The highest BCUT2D eigenvalue weighted by atomic mass is 16.1. The van der Waals surface area contributed by atoms with Crippen LogP contribution in [0, 0.1) is 18.3 Å². The first kappa shape index (κ1) is 17.1. The van der Waals surface area contributed by atoms with E-state index in [0.717, 1.165) is 5.69 Å². The second-order valence-electron chi connectivity index (χ2n) is 5.50. The Morgan fingerprint density at radius 3 is 2.67 bits per heavy atom. The van der Waals surface area contributed by atoms with Gasteiger partial charge in [-0.1, -0.05) is 0 Å². The standard InChI is InChI=1S/C16H19N7O/c1-10-13(9-17)16(23(5)21-10)20-19-14-7-6-12(22(3)4)8-15(14)18-11(2)24/h6-8H,1-5H3,(H,18,24). The van der Waals surface area contributed by atoms with Crippen LogP contribution >= 0.6 is 0 Å². The van der Waals surface area contributed by atoms with Crippen molar-refractivity contribution in [1.29, 1.82) is 5.26 Å². The molecule has 0 fully saturated rings. The molecular weight excluding hydrogens is 306 g/mol. The molecule has 0 unspecified atom stereocenters. The summed E-state index contributed by atoms with van der Waals surface area (Å²) >= 11 is 0. The molecule has 1 aromatic heterocycles. The fraction of sp³-hybridized carbons (Fsp3) is 0.312. The number of hydrogen-bond acceptors (Lipinski definition) is 6. The zero-order valence-electron chi connectivity index (χ0n) is 14.3. The summed E-state index contributed by atoms with van der Waals surface area (Å²) in [6.07, 6.45) is 0. The molecule has 0 radical (unpaired) electrons. The Balaban J connectivity index is 2.46. The summed E-state index contributed by atoms with van der Waals surface area (Å²) in [5.74, 6) is 0.178. The SMILES string of the molecule is CC(=O)Nc1cc(N(C)C)ccc1N=Nc1c(C#N)c(C)nn1C. The number of nitriles is 1. The highest BCUT2D eigenvalue weighted by Gasteiger charge is 2.13. The molecule has 1 N–H and O–H groups in total. The molecule has 0 atom stereocenters. The summed E-state index contributed by atoms with van der Waals surface area (Å²) in [6.45, 7) is 3.17. The minimum absolute atomic E-state index is 0.198. The number of carbonyl (C=O) groups is 1. The number of anilines is 2. The second kappa shape index (κ2) is 6.91. The molecule has 8 heteroatoms. The number of benzene rings is 1. The molecule has 0 aliphatic heterocycles. The van der Waals surface area contributed by atoms with Gasteiger partial charge >= 0.3 is 0 Å². The highest BCUT2D eigenvalue weighted by molar-refractivity contribution is 5.92. The Bertz CT molecular complexity index is 843. The number of aromatic nitrogens is 2. The number of carbonyl (C=O) groups excluding carboxylic acids is 1. The van der Waals surface area contributed by atoms with Crippen LogP contribution in [0.4, 0.5) is 22.9 Å². The van der Waals surface area contributed by atoms with E-state index in [0.29, 0.717) is 28.5 Å². The van der Waals surface area contributed by atoms with Gasteiger partial charge in [-0.3, -0.25) is 4.79 Å². The minimum Gasteiger partial charge on any atom is -0.378 e. The molecule has 1 aromatic carbocycles. The van der Waals surface area contributed by atoms with E-state index in [2.05, 4.69) is 26.7 Å². The quantitative estimate of drug-likeness (QED) is 0.873. The summed E-state index contributed by atoms with van der Waals surface area (Å²) in [4.78, 5) is 13.3. The van der Waals surface area contributed by atoms with Crippen LogP contribution in [0.1, 0.15) is 18.2 Å². The van der Waals surface area contributed by atoms with Crippen molar-refractivity contribution in [3.63, 3.8) is 0 Å². The van der Waals surface area contributed by atoms with Crippen molar-refractivity contribution in [2.45, 2.75) is 13.8 Å². The fourth-order valence-corrected chi connectivity index (χ4v) is 2.17. The average Bonchev–Trinajstić information content (AvgIpc) is 2.78. The molecule has 2 aromatic rings. The molecule has 0 aliphatic carbocycles. The van der Waals surface area contributed by atoms with Gasteiger partial charge in [0.1, 0.15) is 17.3 Å². The summed E-state index contributed by atoms with van der Waals surface area (Å²) in [5.41, 5.74) is 2.95. The van der Waals surface area contributed by atoms with Crippen LogP contribution in [0.5, 0.6) is 0 Å². The average molecular weight is 325 g/mol. The van der Waals surface area contributed by atoms with Crippen LogP contribution in [0.15, 0.2) is 28.4 Å². The van der Waals surface area contributed by atoms with Gasteiger partial charge in [-0.05, 0) is 25.1 Å². The van der Waals surface area contributed by atoms with E-state index >= 15 is 0 Å². The number of nitrogens with one attached hydrogen (secondary N) is 1. The number of hydrogen-bond donors (Lipinski definition) is 1. The van der Waals surface area contributed by atoms with Crippen LogP contribution in [0.25, 0.3) is 0 Å². The molecule has 8 nitrogen and oxygen atoms in total. The van der Waals surface area contributed by atoms with Crippen molar-refractivity contribution in [3.8, 4) is 6.07 Å². The molecule has 0 aliphatic rings. The van der Waals surface area contributed by atoms with Crippen molar-refractivity contribution >= 4 is 28.8 Å². The van der Waals surface area contributed by atoms with E-state index in [1.54, 1.807) is 20.0 Å². The van der Waals surface area contributed by atoms with E-state index in [-0.39, 0.29) is 5.91 Å². The predicted octanol–water partition coefficient (Wildman–Crippen LogP) is 3.04. The number of azo groups is 1. The van der Waals surface area contributed by atoms with Gasteiger partial charge in [-0.25, -0.2) is 4.68 Å². The Morgan fingerprint density at radius 1 is 1.38 bits per heavy atom. The predicted molar refractivity (Wildman–Crippen MR) is 91.9 cm³/mol. The van der Waals surface area contributed by atoms with Gasteiger partial charge < -0.3 is 10.2 Å². The summed E-state index contributed by atoms with van der Waals surface area (Å²) in [6, 6.07) is 7.53. The molecule has 0 saturated carbocycles.